The molecule has 0 radical (unpaired) electrons. The van der Waals surface area contributed by atoms with E-state index in [0.29, 0.717) is 30.4 Å². The predicted molar refractivity (Wildman–Crippen MR) is 101 cm³/mol. The summed E-state index contributed by atoms with van der Waals surface area (Å²) in [6, 6.07) is 7.40. The highest BCUT2D eigenvalue weighted by atomic mass is 19.2. The summed E-state index contributed by atoms with van der Waals surface area (Å²) in [5, 5.41) is 0. The van der Waals surface area contributed by atoms with E-state index in [1.54, 1.807) is 12.3 Å². The van der Waals surface area contributed by atoms with E-state index in [1.807, 2.05) is 6.07 Å². The van der Waals surface area contributed by atoms with Gasteiger partial charge in [-0.05, 0) is 30.7 Å². The number of aromatic nitrogens is 1. The molecule has 1 fully saturated rings. The quantitative estimate of drug-likeness (QED) is 0.526. The molecule has 3 nitrogen and oxygen atoms in total. The van der Waals surface area contributed by atoms with E-state index in [1.165, 1.54) is 38.2 Å². The van der Waals surface area contributed by atoms with Gasteiger partial charge in [0.15, 0.2) is 17.9 Å². The standard InChI is InChI=1S/C22H27F2NO2/c1-2-3-4-5-6-7-16-14-26-22(27-15-16)18-9-11-21(25-13-18)17-8-10-19(23)20(24)12-17/h8-13,16,22H,2-7,14-15H2,1H3. The molecule has 0 atom stereocenters. The normalized spacial score (nSPS) is 20.0. The monoisotopic (exact) mass is 375 g/mol. The zero-order chi connectivity index (χ0) is 19.1. The molecular formula is C22H27F2NO2. The highest BCUT2D eigenvalue weighted by Crippen LogP contribution is 2.28. The molecule has 1 aromatic carbocycles. The molecule has 0 N–H and O–H groups in total. The van der Waals surface area contributed by atoms with E-state index in [9.17, 15) is 8.78 Å². The molecule has 3 rings (SSSR count). The van der Waals surface area contributed by atoms with E-state index in [-0.39, 0.29) is 0 Å². The van der Waals surface area contributed by atoms with Crippen molar-refractivity contribution in [1.29, 1.82) is 0 Å². The van der Waals surface area contributed by atoms with Crippen LogP contribution in [0.2, 0.25) is 0 Å². The first-order valence-corrected chi connectivity index (χ1v) is 9.82. The number of pyridine rings is 1. The number of ether oxygens (including phenoxy) is 2. The van der Waals surface area contributed by atoms with E-state index in [4.69, 9.17) is 9.47 Å². The number of nitrogens with zero attached hydrogens (tertiary/aromatic N) is 1. The molecule has 1 aromatic heterocycles. The molecule has 146 valence electrons. The van der Waals surface area contributed by atoms with Crippen molar-refractivity contribution in [3.8, 4) is 11.3 Å². The molecule has 5 heteroatoms. The number of halogens is 2. The van der Waals surface area contributed by atoms with Crippen LogP contribution in [0.3, 0.4) is 0 Å². The van der Waals surface area contributed by atoms with Crippen LogP contribution in [0.1, 0.15) is 57.3 Å². The van der Waals surface area contributed by atoms with E-state index >= 15 is 0 Å². The van der Waals surface area contributed by atoms with Gasteiger partial charge in [-0.25, -0.2) is 8.78 Å². The lowest BCUT2D eigenvalue weighted by Gasteiger charge is -2.29. The van der Waals surface area contributed by atoms with Crippen molar-refractivity contribution < 1.29 is 18.3 Å². The fourth-order valence-electron chi connectivity index (χ4n) is 3.31. The van der Waals surface area contributed by atoms with Gasteiger partial charge in [-0.3, -0.25) is 4.98 Å². The van der Waals surface area contributed by atoms with Gasteiger partial charge in [0.2, 0.25) is 0 Å². The summed E-state index contributed by atoms with van der Waals surface area (Å²) in [5.41, 5.74) is 1.95. The second-order valence-corrected chi connectivity index (χ2v) is 7.17. The second kappa shape index (κ2) is 9.90. The molecule has 0 aliphatic carbocycles. The summed E-state index contributed by atoms with van der Waals surface area (Å²) in [4.78, 5) is 4.34. The Hall–Kier alpha value is -1.85. The zero-order valence-electron chi connectivity index (χ0n) is 15.8. The summed E-state index contributed by atoms with van der Waals surface area (Å²) < 4.78 is 38.2. The Morgan fingerprint density at radius 3 is 2.41 bits per heavy atom. The lowest BCUT2D eigenvalue weighted by Crippen LogP contribution is -2.27. The molecule has 1 aliphatic heterocycles. The van der Waals surface area contributed by atoms with Crippen LogP contribution in [0.5, 0.6) is 0 Å². The number of hydrogen-bond donors (Lipinski definition) is 0. The maximum absolute atomic E-state index is 13.4. The largest absolute Gasteiger partial charge is 0.348 e. The molecule has 2 aromatic rings. The van der Waals surface area contributed by atoms with Crippen LogP contribution >= 0.6 is 0 Å². The van der Waals surface area contributed by atoms with Gasteiger partial charge in [0.1, 0.15) is 0 Å². The van der Waals surface area contributed by atoms with Gasteiger partial charge >= 0.3 is 0 Å². The highest BCUT2D eigenvalue weighted by Gasteiger charge is 2.23. The van der Waals surface area contributed by atoms with Gasteiger partial charge in [0, 0.05) is 23.2 Å². The lowest BCUT2D eigenvalue weighted by atomic mass is 10.0. The third-order valence-electron chi connectivity index (χ3n) is 4.96. The summed E-state index contributed by atoms with van der Waals surface area (Å²) in [5.74, 6) is -1.28. The van der Waals surface area contributed by atoms with Gasteiger partial charge in [-0.2, -0.15) is 0 Å². The Morgan fingerprint density at radius 1 is 0.963 bits per heavy atom. The maximum Gasteiger partial charge on any atom is 0.185 e. The first-order valence-electron chi connectivity index (χ1n) is 9.82. The van der Waals surface area contributed by atoms with Crippen LogP contribution in [0, 0.1) is 17.6 Å². The van der Waals surface area contributed by atoms with Crippen molar-refractivity contribution in [2.24, 2.45) is 5.92 Å². The Balaban J connectivity index is 1.49. The van der Waals surface area contributed by atoms with E-state index in [0.717, 1.165) is 24.1 Å². The molecule has 0 amide bonds. The summed E-state index contributed by atoms with van der Waals surface area (Å²) >= 11 is 0. The minimum absolute atomic E-state index is 0.409. The van der Waals surface area contributed by atoms with Crippen LogP contribution in [0.4, 0.5) is 8.78 Å². The van der Waals surface area contributed by atoms with Gasteiger partial charge in [-0.15, -0.1) is 0 Å². The third-order valence-corrected chi connectivity index (χ3v) is 4.96. The molecule has 0 saturated carbocycles. The highest BCUT2D eigenvalue weighted by molar-refractivity contribution is 5.59. The Morgan fingerprint density at radius 2 is 1.74 bits per heavy atom. The van der Waals surface area contributed by atoms with E-state index in [2.05, 4.69) is 11.9 Å². The van der Waals surface area contributed by atoms with Gasteiger partial charge in [0.25, 0.3) is 0 Å². The van der Waals surface area contributed by atoms with Crippen molar-refractivity contribution in [2.75, 3.05) is 13.2 Å². The number of hydrogen-bond acceptors (Lipinski definition) is 3. The molecule has 0 unspecified atom stereocenters. The second-order valence-electron chi connectivity index (χ2n) is 7.17. The minimum Gasteiger partial charge on any atom is -0.348 e. The van der Waals surface area contributed by atoms with Crippen molar-refractivity contribution in [1.82, 2.24) is 4.98 Å². The SMILES string of the molecule is CCCCCCCC1COC(c2ccc(-c3ccc(F)c(F)c3)nc2)OC1. The molecule has 27 heavy (non-hydrogen) atoms. The maximum atomic E-state index is 13.4. The van der Waals surface area contributed by atoms with E-state index < -0.39 is 17.9 Å². The summed E-state index contributed by atoms with van der Waals surface area (Å²) in [6.07, 6.45) is 8.80. The molecule has 0 spiro atoms. The first-order chi connectivity index (χ1) is 13.2. The van der Waals surface area contributed by atoms with Crippen molar-refractivity contribution in [3.63, 3.8) is 0 Å². The first kappa shape index (κ1) is 19.9. The third kappa shape index (κ3) is 5.56. The van der Waals surface area contributed by atoms with Crippen LogP contribution < -0.4 is 0 Å². The minimum atomic E-state index is -0.877. The van der Waals surface area contributed by atoms with Gasteiger partial charge in [0.05, 0.1) is 18.9 Å². The smallest absolute Gasteiger partial charge is 0.185 e. The number of unbranched alkanes of at least 4 members (excludes halogenated alkanes) is 4. The average molecular weight is 375 g/mol. The van der Waals surface area contributed by atoms with Crippen LogP contribution in [-0.2, 0) is 9.47 Å². The number of rotatable bonds is 8. The Kier molecular flexibility index (Phi) is 7.30. The summed E-state index contributed by atoms with van der Waals surface area (Å²) in [6.45, 7) is 3.62. The van der Waals surface area contributed by atoms with Crippen molar-refractivity contribution >= 4 is 0 Å². The Labute approximate surface area is 159 Å². The van der Waals surface area contributed by atoms with Crippen LogP contribution in [0.25, 0.3) is 11.3 Å². The zero-order valence-corrected chi connectivity index (χ0v) is 15.8. The Bertz CT molecular complexity index is 713. The fourth-order valence-corrected chi connectivity index (χ4v) is 3.31. The predicted octanol–water partition coefficient (Wildman–Crippen LogP) is 6.05. The lowest BCUT2D eigenvalue weighted by molar-refractivity contribution is -0.206. The summed E-state index contributed by atoms with van der Waals surface area (Å²) in [7, 11) is 0. The van der Waals surface area contributed by atoms with Crippen molar-refractivity contribution in [3.05, 3.63) is 53.7 Å². The average Bonchev–Trinajstić information content (AvgIpc) is 2.71. The molecule has 1 aliphatic rings. The molecule has 0 bridgehead atoms. The fraction of sp³-hybridized carbons (Fsp3) is 0.500. The van der Waals surface area contributed by atoms with Gasteiger partial charge < -0.3 is 9.47 Å². The van der Waals surface area contributed by atoms with Crippen LogP contribution in [-0.4, -0.2) is 18.2 Å². The molecule has 1 saturated heterocycles. The number of benzene rings is 1. The van der Waals surface area contributed by atoms with Gasteiger partial charge in [-0.1, -0.05) is 45.1 Å². The van der Waals surface area contributed by atoms with Crippen LogP contribution in [0.15, 0.2) is 36.5 Å². The topological polar surface area (TPSA) is 31.4 Å². The molecular weight excluding hydrogens is 348 g/mol. The van der Waals surface area contributed by atoms with Crippen molar-refractivity contribution in [2.45, 2.75) is 51.7 Å². The molecule has 2 heterocycles.